The van der Waals surface area contributed by atoms with Crippen LogP contribution in [0.15, 0.2) is 24.3 Å². The van der Waals surface area contributed by atoms with Crippen LogP contribution in [0.25, 0.3) is 0 Å². The lowest BCUT2D eigenvalue weighted by Gasteiger charge is -2.61. The topological polar surface area (TPSA) is 55.1 Å². The maximum atomic E-state index is 13.2. The number of nitrogens with two attached hydrogens (primary N) is 1. The van der Waals surface area contributed by atoms with Gasteiger partial charge in [0.25, 0.3) is 0 Å². The van der Waals surface area contributed by atoms with Crippen molar-refractivity contribution in [2.45, 2.75) is 57.8 Å². The third-order valence-corrected chi connectivity index (χ3v) is 7.22. The summed E-state index contributed by atoms with van der Waals surface area (Å²) in [6.07, 6.45) is 7.13. The van der Waals surface area contributed by atoms with Crippen LogP contribution in [0.4, 0.5) is 0 Å². The minimum Gasteiger partial charge on any atom is -0.355 e. The number of halogens is 1. The van der Waals surface area contributed by atoms with E-state index in [-0.39, 0.29) is 23.2 Å². The SMILES string of the molecule is Cc1ccc(C23CC4CC(CC(C(=O)NCC(C)CN)(C4)C2)C3)cc1.Cl. The Kier molecular flexibility index (Phi) is 5.43. The van der Waals surface area contributed by atoms with Crippen molar-refractivity contribution >= 4 is 18.3 Å². The second-order valence-corrected chi connectivity index (χ2v) is 9.44. The number of aryl methyl sites for hydroxylation is 1. The highest BCUT2D eigenvalue weighted by Crippen LogP contribution is 2.65. The fourth-order valence-corrected chi connectivity index (χ4v) is 6.31. The standard InChI is InChI=1S/C22H32N2O.ClH/c1-15-3-5-19(6-4-15)21-8-17-7-18(9-21)11-22(10-17,14-21)20(25)24-13-16(2)12-23;/h3-6,16-18H,7-14,23H2,1-2H3,(H,24,25);1H. The number of benzene rings is 1. The van der Waals surface area contributed by atoms with Crippen LogP contribution in [0, 0.1) is 30.1 Å². The van der Waals surface area contributed by atoms with Crippen molar-refractivity contribution in [2.75, 3.05) is 13.1 Å². The molecule has 5 rings (SSSR count). The maximum absolute atomic E-state index is 13.2. The van der Waals surface area contributed by atoms with Crippen LogP contribution in [0.3, 0.4) is 0 Å². The van der Waals surface area contributed by atoms with Gasteiger partial charge in [0.15, 0.2) is 0 Å². The van der Waals surface area contributed by atoms with Crippen LogP contribution in [0.1, 0.15) is 56.6 Å². The van der Waals surface area contributed by atoms with Gasteiger partial charge in [-0.25, -0.2) is 0 Å². The predicted octanol–water partition coefficient (Wildman–Crippen LogP) is 3.97. The molecule has 0 spiro atoms. The predicted molar refractivity (Wildman–Crippen MR) is 108 cm³/mol. The van der Waals surface area contributed by atoms with Crippen LogP contribution in [0.2, 0.25) is 0 Å². The molecule has 4 fully saturated rings. The largest absolute Gasteiger partial charge is 0.355 e. The number of nitrogens with one attached hydrogen (secondary N) is 1. The van der Waals surface area contributed by atoms with E-state index in [1.807, 2.05) is 0 Å². The molecular formula is C22H33ClN2O. The van der Waals surface area contributed by atoms with Gasteiger partial charge >= 0.3 is 0 Å². The third-order valence-electron chi connectivity index (χ3n) is 7.22. The molecule has 3 nitrogen and oxygen atoms in total. The van der Waals surface area contributed by atoms with E-state index in [9.17, 15) is 4.79 Å². The number of carbonyl (C=O) groups is 1. The Balaban J connectivity index is 0.00000196. The van der Waals surface area contributed by atoms with Gasteiger partial charge in [0, 0.05) is 6.54 Å². The van der Waals surface area contributed by atoms with Crippen LogP contribution in [0.5, 0.6) is 0 Å². The van der Waals surface area contributed by atoms with Crippen molar-refractivity contribution in [3.8, 4) is 0 Å². The van der Waals surface area contributed by atoms with Crippen LogP contribution in [-0.4, -0.2) is 19.0 Å². The van der Waals surface area contributed by atoms with E-state index in [1.54, 1.807) is 0 Å². The van der Waals surface area contributed by atoms with Gasteiger partial charge in [-0.2, -0.15) is 0 Å². The van der Waals surface area contributed by atoms with Gasteiger partial charge in [0.2, 0.25) is 5.91 Å². The molecule has 26 heavy (non-hydrogen) atoms. The molecule has 1 amide bonds. The summed E-state index contributed by atoms with van der Waals surface area (Å²) in [7, 11) is 0. The highest BCUT2D eigenvalue weighted by Gasteiger charge is 2.60. The summed E-state index contributed by atoms with van der Waals surface area (Å²) in [5.74, 6) is 2.10. The van der Waals surface area contributed by atoms with Gasteiger partial charge in [-0.3, -0.25) is 4.79 Å². The Morgan fingerprint density at radius 1 is 1.19 bits per heavy atom. The Bertz CT molecular complexity index is 643. The van der Waals surface area contributed by atoms with E-state index < -0.39 is 0 Å². The first-order chi connectivity index (χ1) is 11.9. The Labute approximate surface area is 163 Å². The van der Waals surface area contributed by atoms with Crippen molar-refractivity contribution in [1.29, 1.82) is 0 Å². The molecule has 144 valence electrons. The third kappa shape index (κ3) is 3.29. The zero-order valence-electron chi connectivity index (χ0n) is 16.1. The molecule has 0 radical (unpaired) electrons. The molecule has 0 heterocycles. The summed E-state index contributed by atoms with van der Waals surface area (Å²) in [6, 6.07) is 9.13. The molecule has 3 unspecified atom stereocenters. The monoisotopic (exact) mass is 376 g/mol. The fraction of sp³-hybridized carbons (Fsp3) is 0.682. The lowest BCUT2D eigenvalue weighted by Crippen LogP contribution is -2.59. The van der Waals surface area contributed by atoms with Crippen LogP contribution in [-0.2, 0) is 10.2 Å². The molecule has 0 aromatic heterocycles. The second kappa shape index (κ2) is 7.16. The molecule has 4 heteroatoms. The van der Waals surface area contributed by atoms with E-state index >= 15 is 0 Å². The van der Waals surface area contributed by atoms with E-state index in [1.165, 1.54) is 30.4 Å². The first-order valence-corrected chi connectivity index (χ1v) is 10.0. The summed E-state index contributed by atoms with van der Waals surface area (Å²) in [4.78, 5) is 13.2. The molecule has 4 aliphatic rings. The zero-order chi connectivity index (χ0) is 17.7. The van der Waals surface area contributed by atoms with Gasteiger partial charge in [-0.1, -0.05) is 36.8 Å². The smallest absolute Gasteiger partial charge is 0.226 e. The second-order valence-electron chi connectivity index (χ2n) is 9.44. The maximum Gasteiger partial charge on any atom is 0.226 e. The molecule has 0 aliphatic heterocycles. The molecule has 4 bridgehead atoms. The van der Waals surface area contributed by atoms with Crippen LogP contribution >= 0.6 is 12.4 Å². The van der Waals surface area contributed by atoms with Gasteiger partial charge in [0.05, 0.1) is 5.41 Å². The molecule has 3 atom stereocenters. The fourth-order valence-electron chi connectivity index (χ4n) is 6.31. The normalized spacial score (nSPS) is 35.7. The Morgan fingerprint density at radius 3 is 2.38 bits per heavy atom. The van der Waals surface area contributed by atoms with Crippen molar-refractivity contribution in [2.24, 2.45) is 28.9 Å². The van der Waals surface area contributed by atoms with E-state index in [0.29, 0.717) is 24.9 Å². The highest BCUT2D eigenvalue weighted by molar-refractivity contribution is 5.85. The van der Waals surface area contributed by atoms with Crippen LogP contribution < -0.4 is 11.1 Å². The average molecular weight is 377 g/mol. The average Bonchev–Trinajstić information content (AvgIpc) is 2.58. The lowest BCUT2D eigenvalue weighted by molar-refractivity contribution is -0.149. The summed E-state index contributed by atoms with van der Waals surface area (Å²) < 4.78 is 0. The van der Waals surface area contributed by atoms with Gasteiger partial charge in [0.1, 0.15) is 0 Å². The summed E-state index contributed by atoms with van der Waals surface area (Å²) in [5, 5.41) is 3.25. The number of hydrogen-bond acceptors (Lipinski definition) is 2. The number of hydrogen-bond donors (Lipinski definition) is 2. The number of rotatable bonds is 5. The quantitative estimate of drug-likeness (QED) is 0.816. The zero-order valence-corrected chi connectivity index (χ0v) is 16.9. The first-order valence-electron chi connectivity index (χ1n) is 10.0. The van der Waals surface area contributed by atoms with Crippen molar-refractivity contribution in [3.63, 3.8) is 0 Å². The number of amides is 1. The molecule has 4 saturated carbocycles. The molecule has 1 aromatic carbocycles. The molecular weight excluding hydrogens is 344 g/mol. The van der Waals surface area contributed by atoms with E-state index in [4.69, 9.17) is 5.73 Å². The Hall–Kier alpha value is -1.06. The van der Waals surface area contributed by atoms with Crippen molar-refractivity contribution in [1.82, 2.24) is 5.32 Å². The van der Waals surface area contributed by atoms with Crippen molar-refractivity contribution in [3.05, 3.63) is 35.4 Å². The van der Waals surface area contributed by atoms with Gasteiger partial charge < -0.3 is 11.1 Å². The lowest BCUT2D eigenvalue weighted by atomic mass is 9.42. The minimum absolute atomic E-state index is 0. The van der Waals surface area contributed by atoms with Gasteiger partial charge in [-0.15, -0.1) is 12.4 Å². The first kappa shape index (κ1) is 19.7. The van der Waals surface area contributed by atoms with Crippen molar-refractivity contribution < 1.29 is 4.79 Å². The summed E-state index contributed by atoms with van der Waals surface area (Å²) in [5.41, 5.74) is 8.61. The summed E-state index contributed by atoms with van der Waals surface area (Å²) in [6.45, 7) is 5.60. The summed E-state index contributed by atoms with van der Waals surface area (Å²) >= 11 is 0. The molecule has 1 aromatic rings. The molecule has 0 saturated heterocycles. The Morgan fingerprint density at radius 2 is 1.81 bits per heavy atom. The van der Waals surface area contributed by atoms with E-state index in [2.05, 4.69) is 43.4 Å². The highest BCUT2D eigenvalue weighted by atomic mass is 35.5. The van der Waals surface area contributed by atoms with E-state index in [0.717, 1.165) is 31.1 Å². The number of carbonyl (C=O) groups excluding carboxylic acids is 1. The molecule has 4 aliphatic carbocycles. The molecule has 3 N–H and O–H groups in total. The minimum atomic E-state index is -0.136. The van der Waals surface area contributed by atoms with Gasteiger partial charge in [-0.05, 0) is 80.7 Å².